The number of benzene rings is 1. The van der Waals surface area contributed by atoms with E-state index in [1.54, 1.807) is 0 Å². The molecule has 0 spiro atoms. The topological polar surface area (TPSA) is 74.0 Å². The van der Waals surface area contributed by atoms with Gasteiger partial charge >= 0.3 is 5.97 Å². The standard InChI is InChI=1S/C26H36N2O5/c1-30-25(29)26(12-2-3-13-26)18-28-14-10-20(11-15-28)17-32-24-23-21(31-16-19-6-4-7-19)8-5-9-22(23)33-27-24/h5,8-9,19-20H,2-4,6-7,10-18H2,1H3. The highest BCUT2D eigenvalue weighted by molar-refractivity contribution is 5.88. The van der Waals surface area contributed by atoms with Crippen molar-refractivity contribution in [2.45, 2.75) is 57.8 Å². The van der Waals surface area contributed by atoms with Crippen molar-refractivity contribution in [1.82, 2.24) is 10.1 Å². The smallest absolute Gasteiger partial charge is 0.313 e. The molecule has 1 aromatic heterocycles. The van der Waals surface area contributed by atoms with Crippen LogP contribution in [0.2, 0.25) is 0 Å². The largest absolute Gasteiger partial charge is 0.492 e. The van der Waals surface area contributed by atoms with Gasteiger partial charge < -0.3 is 23.6 Å². The lowest BCUT2D eigenvalue weighted by Gasteiger charge is -2.37. The van der Waals surface area contributed by atoms with Crippen LogP contribution in [0, 0.1) is 17.3 Å². The van der Waals surface area contributed by atoms with E-state index < -0.39 is 0 Å². The van der Waals surface area contributed by atoms with Crippen molar-refractivity contribution in [3.05, 3.63) is 18.2 Å². The molecule has 1 aromatic carbocycles. The number of rotatable bonds is 9. The predicted molar refractivity (Wildman–Crippen MR) is 124 cm³/mol. The van der Waals surface area contributed by atoms with Crippen LogP contribution in [0.3, 0.4) is 0 Å². The third-order valence-electron chi connectivity index (χ3n) is 8.00. The van der Waals surface area contributed by atoms with Gasteiger partial charge in [0.1, 0.15) is 11.1 Å². The molecule has 3 fully saturated rings. The Hall–Kier alpha value is -2.28. The van der Waals surface area contributed by atoms with Gasteiger partial charge in [-0.1, -0.05) is 25.3 Å². The van der Waals surface area contributed by atoms with Gasteiger partial charge in [-0.05, 0) is 80.7 Å². The van der Waals surface area contributed by atoms with Crippen molar-refractivity contribution < 1.29 is 23.5 Å². The van der Waals surface area contributed by atoms with Gasteiger partial charge in [-0.15, -0.1) is 0 Å². The normalized spacial score (nSPS) is 21.7. The summed E-state index contributed by atoms with van der Waals surface area (Å²) in [6, 6.07) is 5.82. The van der Waals surface area contributed by atoms with Crippen LogP contribution in [-0.2, 0) is 9.53 Å². The van der Waals surface area contributed by atoms with Gasteiger partial charge in [0.2, 0.25) is 0 Å². The molecular formula is C26H36N2O5. The quantitative estimate of drug-likeness (QED) is 0.500. The molecule has 2 aromatic rings. The van der Waals surface area contributed by atoms with Crippen molar-refractivity contribution in [2.75, 3.05) is 40.0 Å². The summed E-state index contributed by atoms with van der Waals surface area (Å²) in [7, 11) is 1.52. The molecule has 2 heterocycles. The fourth-order valence-corrected chi connectivity index (χ4v) is 5.65. The Labute approximate surface area is 195 Å². The van der Waals surface area contributed by atoms with E-state index in [9.17, 15) is 4.79 Å². The molecule has 2 saturated carbocycles. The molecule has 33 heavy (non-hydrogen) atoms. The lowest BCUT2D eigenvalue weighted by atomic mass is 9.84. The lowest BCUT2D eigenvalue weighted by molar-refractivity contribution is -0.154. The van der Waals surface area contributed by atoms with E-state index in [2.05, 4.69) is 10.1 Å². The van der Waals surface area contributed by atoms with Gasteiger partial charge in [-0.2, -0.15) is 0 Å². The zero-order chi connectivity index (χ0) is 22.7. The monoisotopic (exact) mass is 456 g/mol. The zero-order valence-electron chi connectivity index (χ0n) is 19.7. The third kappa shape index (κ3) is 4.84. The molecule has 0 unspecified atom stereocenters. The molecule has 5 rings (SSSR count). The second-order valence-corrected chi connectivity index (χ2v) is 10.2. The first-order chi connectivity index (χ1) is 16.2. The summed E-state index contributed by atoms with van der Waals surface area (Å²) >= 11 is 0. The minimum atomic E-state index is -0.298. The van der Waals surface area contributed by atoms with E-state index in [1.165, 1.54) is 26.4 Å². The van der Waals surface area contributed by atoms with Gasteiger partial charge in [0.25, 0.3) is 5.88 Å². The molecule has 180 valence electrons. The van der Waals surface area contributed by atoms with Crippen LogP contribution in [0.1, 0.15) is 57.8 Å². The maximum absolute atomic E-state index is 12.5. The fourth-order valence-electron chi connectivity index (χ4n) is 5.65. The number of carbonyl (C=O) groups is 1. The van der Waals surface area contributed by atoms with E-state index >= 15 is 0 Å². The van der Waals surface area contributed by atoms with Crippen molar-refractivity contribution in [2.24, 2.45) is 17.3 Å². The minimum absolute atomic E-state index is 0.0290. The molecule has 3 aliphatic rings. The number of piperidine rings is 1. The number of fused-ring (bicyclic) bond motifs is 1. The molecule has 0 bridgehead atoms. The number of ether oxygens (including phenoxy) is 3. The maximum atomic E-state index is 12.5. The molecule has 2 aliphatic carbocycles. The summed E-state index contributed by atoms with van der Waals surface area (Å²) in [5.41, 5.74) is 0.406. The van der Waals surface area contributed by atoms with Crippen LogP contribution < -0.4 is 9.47 Å². The number of esters is 1. The van der Waals surface area contributed by atoms with E-state index in [4.69, 9.17) is 18.7 Å². The first kappa shape index (κ1) is 22.5. The van der Waals surface area contributed by atoms with Crippen LogP contribution in [0.4, 0.5) is 0 Å². The summed E-state index contributed by atoms with van der Waals surface area (Å²) in [5, 5.41) is 5.03. The second-order valence-electron chi connectivity index (χ2n) is 10.2. The minimum Gasteiger partial charge on any atom is -0.492 e. The number of likely N-dealkylation sites (tertiary alicyclic amines) is 1. The highest BCUT2D eigenvalue weighted by atomic mass is 16.5. The first-order valence-electron chi connectivity index (χ1n) is 12.6. The summed E-state index contributed by atoms with van der Waals surface area (Å²) in [6.45, 7) is 4.16. The maximum Gasteiger partial charge on any atom is 0.313 e. The van der Waals surface area contributed by atoms with Crippen molar-refractivity contribution in [3.8, 4) is 11.6 Å². The highest BCUT2D eigenvalue weighted by Gasteiger charge is 2.43. The molecule has 1 aliphatic heterocycles. The van der Waals surface area contributed by atoms with Crippen molar-refractivity contribution >= 4 is 16.9 Å². The highest BCUT2D eigenvalue weighted by Crippen LogP contribution is 2.41. The van der Waals surface area contributed by atoms with Crippen LogP contribution in [-0.4, -0.2) is 56.0 Å². The van der Waals surface area contributed by atoms with Crippen LogP contribution >= 0.6 is 0 Å². The van der Waals surface area contributed by atoms with Gasteiger partial charge in [-0.25, -0.2) is 0 Å². The van der Waals surface area contributed by atoms with Crippen LogP contribution in [0.5, 0.6) is 11.6 Å². The SMILES string of the molecule is COC(=O)C1(CN2CCC(COc3noc4cccc(OCC5CCC5)c34)CC2)CCCC1. The Morgan fingerprint density at radius 1 is 1.06 bits per heavy atom. The van der Waals surface area contributed by atoms with Gasteiger partial charge in [0.05, 0.1) is 25.7 Å². The van der Waals surface area contributed by atoms with Crippen LogP contribution in [0.25, 0.3) is 11.0 Å². The number of aromatic nitrogens is 1. The molecule has 0 amide bonds. The molecule has 1 saturated heterocycles. The molecule has 7 nitrogen and oxygen atoms in total. The average molecular weight is 457 g/mol. The van der Waals surface area contributed by atoms with Gasteiger partial charge in [0, 0.05) is 6.54 Å². The second kappa shape index (κ2) is 9.92. The van der Waals surface area contributed by atoms with Gasteiger partial charge in [0.15, 0.2) is 5.58 Å². The Morgan fingerprint density at radius 2 is 1.79 bits per heavy atom. The number of hydrogen-bond donors (Lipinski definition) is 0. The molecule has 7 heteroatoms. The average Bonchev–Trinajstić information content (AvgIpc) is 3.45. The van der Waals surface area contributed by atoms with E-state index in [0.29, 0.717) is 29.9 Å². The van der Waals surface area contributed by atoms with Crippen molar-refractivity contribution in [3.63, 3.8) is 0 Å². The van der Waals surface area contributed by atoms with Crippen LogP contribution in [0.15, 0.2) is 22.7 Å². The van der Waals surface area contributed by atoms with Gasteiger partial charge in [-0.3, -0.25) is 4.79 Å². The van der Waals surface area contributed by atoms with Crippen molar-refractivity contribution in [1.29, 1.82) is 0 Å². The van der Waals surface area contributed by atoms with E-state index in [0.717, 1.165) is 75.9 Å². The Kier molecular flexibility index (Phi) is 6.76. The Bertz CT molecular complexity index is 939. The summed E-state index contributed by atoms with van der Waals surface area (Å²) in [4.78, 5) is 14.9. The molecule has 0 N–H and O–H groups in total. The number of carbonyl (C=O) groups excluding carboxylic acids is 1. The van der Waals surface area contributed by atoms with E-state index in [1.807, 2.05) is 18.2 Å². The third-order valence-corrected chi connectivity index (χ3v) is 8.00. The number of hydrogen-bond acceptors (Lipinski definition) is 7. The summed E-state index contributed by atoms with van der Waals surface area (Å²) in [5.74, 6) is 2.44. The molecule has 0 radical (unpaired) electrons. The Morgan fingerprint density at radius 3 is 2.48 bits per heavy atom. The fraction of sp³-hybridized carbons (Fsp3) is 0.692. The first-order valence-corrected chi connectivity index (χ1v) is 12.6. The summed E-state index contributed by atoms with van der Waals surface area (Å²) < 4.78 is 22.9. The Balaban J connectivity index is 1.15. The van der Waals surface area contributed by atoms with E-state index in [-0.39, 0.29) is 11.4 Å². The summed E-state index contributed by atoms with van der Waals surface area (Å²) in [6.07, 6.45) is 10.1. The lowest BCUT2D eigenvalue weighted by Crippen LogP contribution is -2.45. The molecular weight excluding hydrogens is 420 g/mol. The number of methoxy groups -OCH3 is 1. The zero-order valence-corrected chi connectivity index (χ0v) is 19.7. The molecule has 0 atom stereocenters. The predicted octanol–water partition coefficient (Wildman–Crippen LogP) is 4.83. The number of nitrogens with zero attached hydrogens (tertiary/aromatic N) is 2.